The van der Waals surface area contributed by atoms with E-state index in [1.165, 1.54) is 11.1 Å². The van der Waals surface area contributed by atoms with E-state index >= 15 is 0 Å². The molecule has 0 N–H and O–H groups in total. The zero-order valence-electron chi connectivity index (χ0n) is 30.1. The Balaban J connectivity index is 0.000000194. The number of aryl methyl sites for hydroxylation is 2. The third kappa shape index (κ3) is 8.34. The van der Waals surface area contributed by atoms with Crippen molar-refractivity contribution in [1.29, 1.82) is 0 Å². The molecule has 264 valence electrons. The second-order valence-electron chi connectivity index (χ2n) is 12.6. The van der Waals surface area contributed by atoms with Gasteiger partial charge in [0.05, 0.1) is 14.2 Å². The van der Waals surface area contributed by atoms with Gasteiger partial charge in [0.1, 0.15) is 45.2 Å². The lowest BCUT2D eigenvalue weighted by Gasteiger charge is -2.12. The highest BCUT2D eigenvalue weighted by molar-refractivity contribution is 14.1. The number of benzene rings is 4. The molecular formula is C40H46BrIN4O2S2. The summed E-state index contributed by atoms with van der Waals surface area (Å²) in [6.07, 6.45) is 4.26. The van der Waals surface area contributed by atoms with E-state index in [0.29, 0.717) is 11.8 Å². The number of imidazole rings is 2. The van der Waals surface area contributed by atoms with Crippen molar-refractivity contribution >= 4 is 84.1 Å². The number of rotatable bonds is 12. The molecule has 0 aliphatic heterocycles. The highest BCUT2D eigenvalue weighted by Gasteiger charge is 2.20. The predicted octanol–water partition coefficient (Wildman–Crippen LogP) is 11.8. The molecule has 0 bridgehead atoms. The molecule has 6 nitrogen and oxygen atoms in total. The number of ether oxygens (including phenoxy) is 2. The molecule has 0 saturated carbocycles. The number of thioether (sulfide) groups is 2. The van der Waals surface area contributed by atoms with Crippen molar-refractivity contribution in [3.8, 4) is 34.3 Å². The van der Waals surface area contributed by atoms with Crippen molar-refractivity contribution in [2.24, 2.45) is 0 Å². The minimum atomic E-state index is 0.526. The van der Waals surface area contributed by atoms with Crippen LogP contribution in [0.4, 0.5) is 0 Å². The van der Waals surface area contributed by atoms with Crippen LogP contribution in [-0.4, -0.2) is 57.3 Å². The molecule has 0 atom stereocenters. The highest BCUT2D eigenvalue weighted by Crippen LogP contribution is 2.37. The lowest BCUT2D eigenvalue weighted by molar-refractivity contribution is 0.417. The van der Waals surface area contributed by atoms with Crippen LogP contribution in [0.25, 0.3) is 44.8 Å². The summed E-state index contributed by atoms with van der Waals surface area (Å²) < 4.78 is 18.0. The summed E-state index contributed by atoms with van der Waals surface area (Å²) >= 11 is 9.68. The van der Waals surface area contributed by atoms with Gasteiger partial charge in [-0.05, 0) is 98.3 Å². The van der Waals surface area contributed by atoms with Gasteiger partial charge in [0.15, 0.2) is 0 Å². The summed E-state index contributed by atoms with van der Waals surface area (Å²) in [5, 5.41) is 0. The van der Waals surface area contributed by atoms with Gasteiger partial charge in [-0.25, -0.2) is 9.97 Å². The van der Waals surface area contributed by atoms with Crippen LogP contribution in [0.1, 0.15) is 50.7 Å². The van der Waals surface area contributed by atoms with Gasteiger partial charge in [0.25, 0.3) is 0 Å². The first-order valence-corrected chi connectivity index (χ1v) is 21.4. The van der Waals surface area contributed by atoms with Gasteiger partial charge in [0, 0.05) is 43.8 Å². The SMILES string of the molecule is COc1ccc(Br)c2nc(-c3ccc(C(C)C)cc3)n(CCSC)c12.COc1ccc(I)c2nc(-c3ccc(C(C)C)cc3)n(CCSC)c12. The molecule has 10 heteroatoms. The number of halogens is 2. The Labute approximate surface area is 327 Å². The van der Waals surface area contributed by atoms with Crippen LogP contribution in [0.15, 0.2) is 77.3 Å². The second-order valence-corrected chi connectivity index (χ2v) is 16.6. The first-order chi connectivity index (χ1) is 24.1. The number of methoxy groups -OCH3 is 2. The number of hydrogen-bond donors (Lipinski definition) is 0. The summed E-state index contributed by atoms with van der Waals surface area (Å²) in [4.78, 5) is 9.93. The zero-order valence-corrected chi connectivity index (χ0v) is 35.5. The van der Waals surface area contributed by atoms with Crippen molar-refractivity contribution in [2.75, 3.05) is 38.2 Å². The first-order valence-electron chi connectivity index (χ1n) is 16.8. The minimum absolute atomic E-state index is 0.526. The van der Waals surface area contributed by atoms with E-state index in [9.17, 15) is 0 Å². The zero-order chi connectivity index (χ0) is 35.9. The number of hydrogen-bond acceptors (Lipinski definition) is 6. The van der Waals surface area contributed by atoms with Crippen molar-refractivity contribution in [3.63, 3.8) is 0 Å². The van der Waals surface area contributed by atoms with Crippen LogP contribution in [0.3, 0.4) is 0 Å². The van der Waals surface area contributed by atoms with Gasteiger partial charge >= 0.3 is 0 Å². The Kier molecular flexibility index (Phi) is 13.7. The molecule has 0 fully saturated rings. The van der Waals surface area contributed by atoms with E-state index < -0.39 is 0 Å². The maximum Gasteiger partial charge on any atom is 0.144 e. The van der Waals surface area contributed by atoms with Crippen molar-refractivity contribution in [3.05, 3.63) is 92.0 Å². The fourth-order valence-electron chi connectivity index (χ4n) is 5.96. The Morgan fingerprint density at radius 2 is 1.06 bits per heavy atom. The number of fused-ring (bicyclic) bond motifs is 2. The van der Waals surface area contributed by atoms with E-state index in [-0.39, 0.29) is 0 Å². The Morgan fingerprint density at radius 3 is 1.48 bits per heavy atom. The molecule has 0 aliphatic rings. The predicted molar refractivity (Wildman–Crippen MR) is 229 cm³/mol. The Hall–Kier alpha value is -2.67. The van der Waals surface area contributed by atoms with Crippen molar-refractivity contribution < 1.29 is 9.47 Å². The summed E-state index contributed by atoms with van der Waals surface area (Å²) in [5.41, 5.74) is 9.08. The van der Waals surface area contributed by atoms with Crippen LogP contribution in [0.5, 0.6) is 11.5 Å². The maximum absolute atomic E-state index is 5.63. The summed E-state index contributed by atoms with van der Waals surface area (Å²) in [6.45, 7) is 10.7. The van der Waals surface area contributed by atoms with Gasteiger partial charge < -0.3 is 18.6 Å². The van der Waals surface area contributed by atoms with Crippen molar-refractivity contribution in [2.45, 2.75) is 52.6 Å². The van der Waals surface area contributed by atoms with Gasteiger partial charge in [0.2, 0.25) is 0 Å². The third-order valence-corrected chi connectivity index (χ3v) is 11.5. The topological polar surface area (TPSA) is 54.1 Å². The molecule has 0 saturated heterocycles. The third-order valence-electron chi connectivity index (χ3n) is 8.77. The van der Waals surface area contributed by atoms with Gasteiger partial charge in [-0.15, -0.1) is 0 Å². The number of nitrogens with zero attached hydrogens (tertiary/aromatic N) is 4. The lowest BCUT2D eigenvalue weighted by atomic mass is 10.0. The number of aromatic nitrogens is 4. The van der Waals surface area contributed by atoms with E-state index in [4.69, 9.17) is 19.4 Å². The molecular weight excluding hydrogens is 839 g/mol. The summed E-state index contributed by atoms with van der Waals surface area (Å²) in [5.74, 6) is 6.87. The van der Waals surface area contributed by atoms with Crippen LogP contribution in [-0.2, 0) is 13.1 Å². The fourth-order valence-corrected chi connectivity index (χ4v) is 7.65. The molecule has 2 aromatic heterocycles. The first kappa shape index (κ1) is 38.6. The van der Waals surface area contributed by atoms with Crippen LogP contribution < -0.4 is 9.47 Å². The average molecular weight is 886 g/mol. The van der Waals surface area contributed by atoms with E-state index in [1.807, 2.05) is 41.7 Å². The average Bonchev–Trinajstić information content (AvgIpc) is 3.71. The highest BCUT2D eigenvalue weighted by atomic mass is 127. The largest absolute Gasteiger partial charge is 0.494 e. The standard InChI is InChI=1S/C20H23BrN2OS.C20H23IN2OS/c2*1-13(2)14-5-7-15(8-6-14)20-22-18-16(21)9-10-17(24-3)19(18)23(20)11-12-25-4/h2*5-10,13H,11-12H2,1-4H3. The smallest absolute Gasteiger partial charge is 0.144 e. The monoisotopic (exact) mass is 884 g/mol. The van der Waals surface area contributed by atoms with Gasteiger partial charge in [-0.1, -0.05) is 76.2 Å². The lowest BCUT2D eigenvalue weighted by Crippen LogP contribution is -2.04. The van der Waals surface area contributed by atoms with E-state index in [2.05, 4.69) is 142 Å². The van der Waals surface area contributed by atoms with Gasteiger partial charge in [-0.3, -0.25) is 0 Å². The molecule has 50 heavy (non-hydrogen) atoms. The van der Waals surface area contributed by atoms with E-state index in [0.717, 1.165) is 89.0 Å². The van der Waals surface area contributed by atoms with Gasteiger partial charge in [-0.2, -0.15) is 23.5 Å². The molecule has 6 rings (SSSR count). The normalized spacial score (nSPS) is 11.4. The molecule has 4 aromatic carbocycles. The summed E-state index contributed by atoms with van der Waals surface area (Å²) in [6, 6.07) is 25.6. The molecule has 0 unspecified atom stereocenters. The Bertz CT molecular complexity index is 1890. The molecule has 0 radical (unpaired) electrons. The molecule has 0 spiro atoms. The summed E-state index contributed by atoms with van der Waals surface area (Å²) in [7, 11) is 3.44. The molecule has 0 aliphatic carbocycles. The fraction of sp³-hybridized carbons (Fsp3) is 0.350. The van der Waals surface area contributed by atoms with Crippen LogP contribution in [0, 0.1) is 3.57 Å². The van der Waals surface area contributed by atoms with E-state index in [1.54, 1.807) is 14.2 Å². The Morgan fingerprint density at radius 1 is 0.640 bits per heavy atom. The molecule has 6 aromatic rings. The maximum atomic E-state index is 5.63. The van der Waals surface area contributed by atoms with Crippen molar-refractivity contribution in [1.82, 2.24) is 19.1 Å². The minimum Gasteiger partial charge on any atom is -0.494 e. The molecule has 2 heterocycles. The van der Waals surface area contributed by atoms with Crippen LogP contribution in [0.2, 0.25) is 0 Å². The quantitative estimate of drug-likeness (QED) is 0.114. The van der Waals surface area contributed by atoms with Crippen LogP contribution >= 0.6 is 62.0 Å². The second kappa shape index (κ2) is 17.7. The molecule has 0 amide bonds.